The first kappa shape index (κ1) is 14.3. The van der Waals surface area contributed by atoms with Crippen LogP contribution in [0.2, 0.25) is 0 Å². The molecule has 0 aliphatic heterocycles. The molecule has 0 atom stereocenters. The van der Waals surface area contributed by atoms with Gasteiger partial charge in [0.25, 0.3) is 5.91 Å². The van der Waals surface area contributed by atoms with Crippen molar-refractivity contribution in [3.8, 4) is 0 Å². The van der Waals surface area contributed by atoms with Crippen LogP contribution in [0.3, 0.4) is 0 Å². The molecule has 20 heavy (non-hydrogen) atoms. The molecule has 2 N–H and O–H groups in total. The van der Waals surface area contributed by atoms with Crippen molar-refractivity contribution in [1.29, 1.82) is 0 Å². The monoisotopic (exact) mass is 309 g/mol. The minimum absolute atomic E-state index is 0.0553. The van der Waals surface area contributed by atoms with E-state index in [0.29, 0.717) is 4.52 Å². The van der Waals surface area contributed by atoms with Crippen molar-refractivity contribution < 1.29 is 30.9 Å². The molecule has 0 aliphatic rings. The highest BCUT2D eigenvalue weighted by Crippen LogP contribution is 2.29. The molecule has 0 saturated heterocycles. The molecule has 0 radical (unpaired) electrons. The van der Waals surface area contributed by atoms with Gasteiger partial charge in [-0.25, -0.2) is 9.24 Å². The van der Waals surface area contributed by atoms with E-state index in [0.717, 1.165) is 18.2 Å². The molecule has 0 spiro atoms. The number of rotatable bonds is 2. The van der Waals surface area contributed by atoms with Crippen LogP contribution < -0.4 is 4.72 Å². The van der Waals surface area contributed by atoms with Crippen LogP contribution in [0.1, 0.15) is 16.2 Å². The molecule has 0 unspecified atom stereocenters. The molecule has 2 heterocycles. The summed E-state index contributed by atoms with van der Waals surface area (Å²) < 4.78 is 69.1. The molecule has 0 bridgehead atoms. The average Bonchev–Trinajstić information content (AvgIpc) is 2.68. The summed E-state index contributed by atoms with van der Waals surface area (Å²) >= 11 is 0. The minimum atomic E-state index is -4.82. The summed E-state index contributed by atoms with van der Waals surface area (Å²) in [5.74, 6) is -1.34. The Morgan fingerprint density at radius 2 is 2.00 bits per heavy atom. The lowest BCUT2D eigenvalue weighted by molar-refractivity contribution is -0.142. The number of nitrogens with zero attached hydrogens (tertiary/aromatic N) is 2. The average molecular weight is 309 g/mol. The van der Waals surface area contributed by atoms with Crippen molar-refractivity contribution in [2.75, 3.05) is 0 Å². The van der Waals surface area contributed by atoms with E-state index in [1.807, 2.05) is 0 Å². The normalized spacial score (nSPS) is 12.6. The number of aromatic nitrogens is 2. The smallest absolute Gasteiger partial charge is 0.269 e. The fraction of sp³-hybridized carbons (Fsp3) is 0.111. The molecule has 2 rings (SSSR count). The fourth-order valence-corrected chi connectivity index (χ4v) is 1.85. The zero-order valence-electron chi connectivity index (χ0n) is 9.42. The van der Waals surface area contributed by atoms with E-state index in [1.54, 1.807) is 0 Å². The van der Waals surface area contributed by atoms with Crippen LogP contribution in [0, 0.1) is 0 Å². The number of pyridine rings is 1. The quantitative estimate of drug-likeness (QED) is 0.802. The van der Waals surface area contributed by atoms with E-state index in [1.165, 1.54) is 10.8 Å². The maximum absolute atomic E-state index is 12.7. The summed E-state index contributed by atoms with van der Waals surface area (Å²) in [5, 5.41) is 3.37. The second kappa shape index (κ2) is 4.45. The highest BCUT2D eigenvalue weighted by molar-refractivity contribution is 7.84. The van der Waals surface area contributed by atoms with Gasteiger partial charge in [-0.05, 0) is 18.2 Å². The van der Waals surface area contributed by atoms with Crippen molar-refractivity contribution in [2.45, 2.75) is 6.18 Å². The first-order chi connectivity index (χ1) is 9.08. The van der Waals surface area contributed by atoms with Crippen molar-refractivity contribution in [2.24, 2.45) is 0 Å². The predicted octanol–water partition coefficient (Wildman–Crippen LogP) is 0.886. The lowest BCUT2D eigenvalue weighted by Crippen LogP contribution is -2.30. The van der Waals surface area contributed by atoms with Gasteiger partial charge in [0.2, 0.25) is 0 Å². The van der Waals surface area contributed by atoms with Crippen LogP contribution in [-0.2, 0) is 16.5 Å². The van der Waals surface area contributed by atoms with Crippen molar-refractivity contribution >= 4 is 21.7 Å². The van der Waals surface area contributed by atoms with Gasteiger partial charge in [0.05, 0.1) is 5.52 Å². The fourth-order valence-electron chi connectivity index (χ4n) is 1.51. The Kier molecular flexibility index (Phi) is 3.18. The Balaban J connectivity index is 2.52. The zero-order valence-corrected chi connectivity index (χ0v) is 10.2. The molecule has 0 fully saturated rings. The third-order valence-electron chi connectivity index (χ3n) is 2.23. The van der Waals surface area contributed by atoms with Gasteiger partial charge in [0.15, 0.2) is 5.69 Å². The Morgan fingerprint density at radius 1 is 1.35 bits per heavy atom. The Bertz CT molecular complexity index is 781. The molecular formula is C9H6F3N3O4S. The largest absolute Gasteiger partial charge is 0.433 e. The summed E-state index contributed by atoms with van der Waals surface area (Å²) in [6.45, 7) is 0. The molecular weight excluding hydrogens is 303 g/mol. The number of hydrogen-bond acceptors (Lipinski definition) is 4. The third-order valence-corrected chi connectivity index (χ3v) is 2.67. The SMILES string of the molecule is O=C(NS(=O)(=O)O)c1cc2cccc(C(F)(F)F)n2n1. The van der Waals surface area contributed by atoms with Gasteiger partial charge in [0, 0.05) is 0 Å². The highest BCUT2D eigenvalue weighted by Gasteiger charge is 2.34. The number of amides is 1. The van der Waals surface area contributed by atoms with E-state index in [4.69, 9.17) is 4.55 Å². The molecule has 0 aromatic carbocycles. The van der Waals surface area contributed by atoms with E-state index in [9.17, 15) is 26.4 Å². The van der Waals surface area contributed by atoms with Crippen molar-refractivity contribution in [3.63, 3.8) is 0 Å². The van der Waals surface area contributed by atoms with Gasteiger partial charge in [-0.1, -0.05) is 6.07 Å². The lowest BCUT2D eigenvalue weighted by Gasteiger charge is -2.07. The van der Waals surface area contributed by atoms with Crippen molar-refractivity contribution in [1.82, 2.24) is 14.3 Å². The Labute approximate surface area is 109 Å². The van der Waals surface area contributed by atoms with Gasteiger partial charge in [-0.3, -0.25) is 9.35 Å². The maximum atomic E-state index is 12.7. The standard InChI is InChI=1S/C9H6F3N3O4S/c10-9(11,12)7-3-1-2-5-4-6(13-15(5)7)8(16)14-20(17,18)19/h1-4H,(H,14,16)(H,17,18,19). The van der Waals surface area contributed by atoms with Crippen LogP contribution >= 0.6 is 0 Å². The summed E-state index contributed by atoms with van der Waals surface area (Å²) in [6.07, 6.45) is -4.69. The van der Waals surface area contributed by atoms with E-state index in [-0.39, 0.29) is 5.52 Å². The molecule has 1 amide bonds. The third kappa shape index (κ3) is 2.88. The summed E-state index contributed by atoms with van der Waals surface area (Å²) in [4.78, 5) is 11.4. The first-order valence-corrected chi connectivity index (χ1v) is 6.37. The second-order valence-electron chi connectivity index (χ2n) is 3.68. The van der Waals surface area contributed by atoms with Gasteiger partial charge in [-0.2, -0.15) is 26.7 Å². The molecule has 0 saturated carbocycles. The molecule has 0 aliphatic carbocycles. The summed E-state index contributed by atoms with van der Waals surface area (Å²) in [6, 6.07) is 4.08. The number of alkyl halides is 3. The summed E-state index contributed by atoms with van der Waals surface area (Å²) in [5.41, 5.74) is -1.76. The number of fused-ring (bicyclic) bond motifs is 1. The second-order valence-corrected chi connectivity index (χ2v) is 4.84. The highest BCUT2D eigenvalue weighted by atomic mass is 32.2. The molecule has 2 aromatic heterocycles. The van der Waals surface area contributed by atoms with E-state index in [2.05, 4.69) is 5.10 Å². The van der Waals surface area contributed by atoms with Gasteiger partial charge in [0.1, 0.15) is 5.69 Å². The number of nitrogens with one attached hydrogen (secondary N) is 1. The summed E-state index contributed by atoms with van der Waals surface area (Å²) in [7, 11) is -4.82. The van der Waals surface area contributed by atoms with Crippen LogP contribution in [0.15, 0.2) is 24.3 Å². The van der Waals surface area contributed by atoms with Crippen LogP contribution in [-0.4, -0.2) is 28.5 Å². The minimum Gasteiger partial charge on any atom is -0.269 e. The predicted molar refractivity (Wildman–Crippen MR) is 59.2 cm³/mol. The Hall–Kier alpha value is -2.14. The molecule has 108 valence electrons. The van der Waals surface area contributed by atoms with Crippen LogP contribution in [0.4, 0.5) is 13.2 Å². The van der Waals surface area contributed by atoms with Crippen LogP contribution in [0.5, 0.6) is 0 Å². The van der Waals surface area contributed by atoms with E-state index >= 15 is 0 Å². The number of halogens is 3. The van der Waals surface area contributed by atoms with E-state index < -0.39 is 33.8 Å². The molecule has 7 nitrogen and oxygen atoms in total. The van der Waals surface area contributed by atoms with Crippen LogP contribution in [0.25, 0.3) is 5.52 Å². The van der Waals surface area contributed by atoms with Gasteiger partial charge >= 0.3 is 16.5 Å². The number of carbonyl (C=O) groups is 1. The van der Waals surface area contributed by atoms with Crippen molar-refractivity contribution in [3.05, 3.63) is 35.7 Å². The van der Waals surface area contributed by atoms with Gasteiger partial charge < -0.3 is 0 Å². The Morgan fingerprint density at radius 3 is 2.55 bits per heavy atom. The topological polar surface area (TPSA) is 101 Å². The first-order valence-electron chi connectivity index (χ1n) is 4.93. The van der Waals surface area contributed by atoms with Gasteiger partial charge in [-0.15, -0.1) is 0 Å². The lowest BCUT2D eigenvalue weighted by atomic mass is 10.3. The molecule has 2 aromatic rings. The number of hydrogen-bond donors (Lipinski definition) is 2. The number of carbonyl (C=O) groups excluding carboxylic acids is 1. The zero-order chi connectivity index (χ0) is 15.1. The maximum Gasteiger partial charge on any atom is 0.433 e. The molecule has 11 heteroatoms.